The van der Waals surface area contributed by atoms with Gasteiger partial charge in [0.25, 0.3) is 0 Å². The zero-order valence-corrected chi connectivity index (χ0v) is 16.3. The molecule has 0 aliphatic heterocycles. The molecule has 3 rings (SSSR count). The van der Waals surface area contributed by atoms with Crippen LogP contribution in [-0.4, -0.2) is 32.4 Å². The lowest BCUT2D eigenvalue weighted by atomic mass is 9.99. The van der Waals surface area contributed by atoms with Gasteiger partial charge in [-0.2, -0.15) is 10.4 Å². The van der Waals surface area contributed by atoms with Crippen LogP contribution in [0.1, 0.15) is 24.6 Å². The Kier molecular flexibility index (Phi) is 5.90. The number of aliphatic hydroxyl groups excluding tert-OH is 1. The van der Waals surface area contributed by atoms with E-state index >= 15 is 0 Å². The summed E-state index contributed by atoms with van der Waals surface area (Å²) in [6.07, 6.45) is 2.16. The number of carbonyl (C=O) groups is 1. The van der Waals surface area contributed by atoms with Gasteiger partial charge in [0, 0.05) is 35.0 Å². The lowest BCUT2D eigenvalue weighted by Gasteiger charge is -2.11. The fraction of sp³-hybridized carbons (Fsp3) is 0.238. The van der Waals surface area contributed by atoms with Gasteiger partial charge in [-0.3, -0.25) is 9.48 Å². The van der Waals surface area contributed by atoms with E-state index in [1.165, 1.54) is 0 Å². The van der Waals surface area contributed by atoms with Gasteiger partial charge in [-0.05, 0) is 25.1 Å². The monoisotopic (exact) mass is 390 g/mol. The average molecular weight is 390 g/mol. The number of hydrogen-bond donors (Lipinski definition) is 3. The summed E-state index contributed by atoms with van der Waals surface area (Å²) in [4.78, 5) is 16.1. The molecule has 8 nitrogen and oxygen atoms in total. The summed E-state index contributed by atoms with van der Waals surface area (Å²) in [5.41, 5.74) is 10.5. The van der Waals surface area contributed by atoms with Gasteiger partial charge in [0.2, 0.25) is 5.91 Å². The van der Waals surface area contributed by atoms with Crippen molar-refractivity contribution >= 4 is 17.4 Å². The summed E-state index contributed by atoms with van der Waals surface area (Å²) in [5.74, 6) is 0.0411. The number of aliphatic hydroxyl groups is 1. The quantitative estimate of drug-likeness (QED) is 0.593. The molecule has 0 radical (unpaired) electrons. The highest BCUT2D eigenvalue weighted by Crippen LogP contribution is 2.33. The topological polar surface area (TPSA) is 130 Å². The predicted octanol–water partition coefficient (Wildman–Crippen LogP) is 2.72. The molecule has 2 heterocycles. The lowest BCUT2D eigenvalue weighted by molar-refractivity contribution is -0.115. The number of hydrogen-bond acceptors (Lipinski definition) is 6. The number of carbonyl (C=O) groups excluding carboxylic acids is 1. The Morgan fingerprint density at radius 3 is 2.83 bits per heavy atom. The SMILES string of the molecule is CCC(=O)Nc1cccc(-c2cc(-c3cn(CCO)nc3C)c(C#N)c(N)n2)c1. The molecule has 2 aromatic heterocycles. The third-order valence-electron chi connectivity index (χ3n) is 4.49. The first kappa shape index (κ1) is 20.0. The maximum atomic E-state index is 11.7. The van der Waals surface area contributed by atoms with Crippen LogP contribution in [0.15, 0.2) is 36.5 Å². The van der Waals surface area contributed by atoms with Gasteiger partial charge in [-0.1, -0.05) is 19.1 Å². The molecule has 0 saturated carbocycles. The minimum absolute atomic E-state index is 0.0360. The molecule has 0 fully saturated rings. The highest BCUT2D eigenvalue weighted by atomic mass is 16.3. The molecule has 8 heteroatoms. The fourth-order valence-corrected chi connectivity index (χ4v) is 3.05. The summed E-state index contributed by atoms with van der Waals surface area (Å²) in [7, 11) is 0. The summed E-state index contributed by atoms with van der Waals surface area (Å²) >= 11 is 0. The molecule has 0 atom stereocenters. The second-order valence-electron chi connectivity index (χ2n) is 6.52. The van der Waals surface area contributed by atoms with Crippen LogP contribution < -0.4 is 11.1 Å². The number of nitrogen functional groups attached to an aromatic ring is 1. The maximum absolute atomic E-state index is 11.7. The molecular weight excluding hydrogens is 368 g/mol. The lowest BCUT2D eigenvalue weighted by Crippen LogP contribution is -2.09. The third kappa shape index (κ3) is 4.25. The van der Waals surface area contributed by atoms with Gasteiger partial charge in [-0.25, -0.2) is 4.98 Å². The van der Waals surface area contributed by atoms with Gasteiger partial charge >= 0.3 is 0 Å². The smallest absolute Gasteiger partial charge is 0.224 e. The molecule has 1 aromatic carbocycles. The fourth-order valence-electron chi connectivity index (χ4n) is 3.05. The molecule has 3 aromatic rings. The van der Waals surface area contributed by atoms with E-state index in [1.807, 2.05) is 25.1 Å². The Balaban J connectivity index is 2.11. The number of nitrogens with zero attached hydrogens (tertiary/aromatic N) is 4. The Morgan fingerprint density at radius 2 is 2.14 bits per heavy atom. The summed E-state index contributed by atoms with van der Waals surface area (Å²) in [6.45, 7) is 3.94. The predicted molar refractivity (Wildman–Crippen MR) is 111 cm³/mol. The van der Waals surface area contributed by atoms with Crippen LogP contribution in [0, 0.1) is 18.3 Å². The average Bonchev–Trinajstić information content (AvgIpc) is 3.07. The van der Waals surface area contributed by atoms with Crippen molar-refractivity contribution in [2.45, 2.75) is 26.8 Å². The van der Waals surface area contributed by atoms with Crippen molar-refractivity contribution in [1.82, 2.24) is 14.8 Å². The first-order valence-electron chi connectivity index (χ1n) is 9.23. The van der Waals surface area contributed by atoms with Crippen LogP contribution in [0.4, 0.5) is 11.5 Å². The summed E-state index contributed by atoms with van der Waals surface area (Å²) in [5, 5.41) is 26.0. The number of nitriles is 1. The molecule has 0 aliphatic rings. The molecule has 0 unspecified atom stereocenters. The Hall–Kier alpha value is -3.70. The van der Waals surface area contributed by atoms with Crippen LogP contribution in [-0.2, 0) is 11.3 Å². The largest absolute Gasteiger partial charge is 0.394 e. The van der Waals surface area contributed by atoms with Crippen LogP contribution in [0.2, 0.25) is 0 Å². The number of rotatable bonds is 6. The van der Waals surface area contributed by atoms with Gasteiger partial charge in [0.15, 0.2) is 0 Å². The zero-order valence-electron chi connectivity index (χ0n) is 16.3. The van der Waals surface area contributed by atoms with Gasteiger partial charge in [0.1, 0.15) is 17.5 Å². The highest BCUT2D eigenvalue weighted by molar-refractivity contribution is 5.91. The summed E-state index contributed by atoms with van der Waals surface area (Å²) in [6, 6.07) is 11.2. The molecule has 148 valence electrons. The molecule has 29 heavy (non-hydrogen) atoms. The standard InChI is InChI=1S/C21H22N6O2/c1-3-20(29)24-15-6-4-5-14(9-15)19-10-16(17(11-22)21(23)25-19)18-12-27(7-8-28)26-13(18)2/h4-6,9-10,12,28H,3,7-8H2,1-2H3,(H2,23,25)(H,24,29). The minimum atomic E-state index is -0.0814. The van der Waals surface area contributed by atoms with E-state index in [-0.39, 0.29) is 23.9 Å². The molecule has 1 amide bonds. The molecule has 0 bridgehead atoms. The van der Waals surface area contributed by atoms with Crippen molar-refractivity contribution in [2.24, 2.45) is 0 Å². The summed E-state index contributed by atoms with van der Waals surface area (Å²) < 4.78 is 1.63. The molecule has 4 N–H and O–H groups in total. The van der Waals surface area contributed by atoms with E-state index in [2.05, 4.69) is 21.5 Å². The van der Waals surface area contributed by atoms with Crippen LogP contribution >= 0.6 is 0 Å². The van der Waals surface area contributed by atoms with Crippen LogP contribution in [0.3, 0.4) is 0 Å². The normalized spacial score (nSPS) is 10.6. The third-order valence-corrected chi connectivity index (χ3v) is 4.49. The minimum Gasteiger partial charge on any atom is -0.394 e. The van der Waals surface area contributed by atoms with E-state index in [9.17, 15) is 10.1 Å². The maximum Gasteiger partial charge on any atom is 0.224 e. The van der Waals surface area contributed by atoms with Gasteiger partial charge in [0.05, 0.1) is 24.5 Å². The highest BCUT2D eigenvalue weighted by Gasteiger charge is 2.17. The molecular formula is C21H22N6O2. The zero-order chi connectivity index (χ0) is 21.0. The second kappa shape index (κ2) is 8.54. The van der Waals surface area contributed by atoms with Crippen molar-refractivity contribution in [1.29, 1.82) is 5.26 Å². The first-order chi connectivity index (χ1) is 14.0. The number of aryl methyl sites for hydroxylation is 1. The van der Waals surface area contributed by atoms with Crippen LogP contribution in [0.25, 0.3) is 22.4 Å². The number of pyridine rings is 1. The van der Waals surface area contributed by atoms with E-state index in [4.69, 9.17) is 10.8 Å². The Bertz CT molecular complexity index is 1100. The number of nitrogens with two attached hydrogens (primary N) is 1. The number of aromatic nitrogens is 3. The van der Waals surface area contributed by atoms with Gasteiger partial charge < -0.3 is 16.2 Å². The number of nitrogens with one attached hydrogen (secondary N) is 1. The van der Waals surface area contributed by atoms with Crippen molar-refractivity contribution < 1.29 is 9.90 Å². The number of amides is 1. The van der Waals surface area contributed by atoms with Crippen LogP contribution in [0.5, 0.6) is 0 Å². The van der Waals surface area contributed by atoms with Crippen molar-refractivity contribution in [2.75, 3.05) is 17.7 Å². The molecule has 0 spiro atoms. The van der Waals surface area contributed by atoms with Crippen molar-refractivity contribution in [3.05, 3.63) is 47.8 Å². The molecule has 0 saturated heterocycles. The van der Waals surface area contributed by atoms with E-state index in [0.717, 1.165) is 16.8 Å². The van der Waals surface area contributed by atoms with Crippen molar-refractivity contribution in [3.8, 4) is 28.5 Å². The Morgan fingerprint density at radius 1 is 1.34 bits per heavy atom. The second-order valence-corrected chi connectivity index (χ2v) is 6.52. The van der Waals surface area contributed by atoms with E-state index in [0.29, 0.717) is 29.9 Å². The molecule has 0 aliphatic carbocycles. The first-order valence-corrected chi connectivity index (χ1v) is 9.23. The van der Waals surface area contributed by atoms with E-state index < -0.39 is 0 Å². The Labute approximate surface area is 168 Å². The van der Waals surface area contributed by atoms with Gasteiger partial charge in [-0.15, -0.1) is 0 Å². The van der Waals surface area contributed by atoms with E-state index in [1.54, 1.807) is 29.9 Å². The number of anilines is 2. The van der Waals surface area contributed by atoms with Crippen molar-refractivity contribution in [3.63, 3.8) is 0 Å². The number of benzene rings is 1.